The Morgan fingerprint density at radius 3 is 2.68 bits per heavy atom. The summed E-state index contributed by atoms with van der Waals surface area (Å²) in [7, 11) is 1.49. The first-order valence-electron chi connectivity index (χ1n) is 8.70. The largest absolute Gasteiger partial charge is 0.481 e. The zero-order chi connectivity index (χ0) is 20.1. The van der Waals surface area contributed by atoms with E-state index in [1.165, 1.54) is 42.1 Å². The number of nitrogens with one attached hydrogen (secondary N) is 1. The van der Waals surface area contributed by atoms with Gasteiger partial charge in [0.05, 0.1) is 18.8 Å². The van der Waals surface area contributed by atoms with Gasteiger partial charge in [-0.15, -0.1) is 0 Å². The van der Waals surface area contributed by atoms with Gasteiger partial charge in [-0.3, -0.25) is 14.4 Å². The average Bonchev–Trinajstić information content (AvgIpc) is 2.70. The summed E-state index contributed by atoms with van der Waals surface area (Å²) in [5.41, 5.74) is -0.254. The molecule has 1 N–H and O–H groups in total. The number of carbonyl (C=O) groups excluding carboxylic acids is 2. The summed E-state index contributed by atoms with van der Waals surface area (Å²) in [6.07, 6.45) is 1.42. The van der Waals surface area contributed by atoms with E-state index in [-0.39, 0.29) is 22.9 Å². The summed E-state index contributed by atoms with van der Waals surface area (Å²) >= 11 is 0. The molecular formula is C19H20FN3O5. The molecule has 0 saturated carbocycles. The molecule has 0 bridgehead atoms. The Morgan fingerprint density at radius 1 is 1.25 bits per heavy atom. The Bertz CT molecular complexity index is 937. The molecule has 2 heterocycles. The van der Waals surface area contributed by atoms with Crippen LogP contribution in [0.15, 0.2) is 41.3 Å². The molecule has 1 aliphatic heterocycles. The number of carbonyl (C=O) groups is 2. The predicted octanol–water partition coefficient (Wildman–Crippen LogP) is 1.01. The molecule has 0 radical (unpaired) electrons. The number of aromatic nitrogens is 1. The fourth-order valence-corrected chi connectivity index (χ4v) is 2.76. The first-order chi connectivity index (χ1) is 13.5. The van der Waals surface area contributed by atoms with Gasteiger partial charge in [-0.25, -0.2) is 4.39 Å². The molecule has 1 aliphatic rings. The highest BCUT2D eigenvalue weighted by atomic mass is 19.1. The molecule has 2 amide bonds. The number of ether oxygens (including phenoxy) is 2. The summed E-state index contributed by atoms with van der Waals surface area (Å²) < 4.78 is 25.1. The van der Waals surface area contributed by atoms with Crippen LogP contribution in [0.1, 0.15) is 10.4 Å². The second-order valence-electron chi connectivity index (χ2n) is 6.23. The van der Waals surface area contributed by atoms with Gasteiger partial charge in [0.15, 0.2) is 18.2 Å². The number of rotatable bonds is 5. The van der Waals surface area contributed by atoms with Gasteiger partial charge in [0.1, 0.15) is 5.69 Å². The van der Waals surface area contributed by atoms with Gasteiger partial charge in [0.25, 0.3) is 17.4 Å². The molecule has 0 unspecified atom stereocenters. The summed E-state index contributed by atoms with van der Waals surface area (Å²) in [4.78, 5) is 38.7. The van der Waals surface area contributed by atoms with Gasteiger partial charge < -0.3 is 24.3 Å². The van der Waals surface area contributed by atoms with E-state index >= 15 is 0 Å². The first-order valence-corrected chi connectivity index (χ1v) is 8.70. The van der Waals surface area contributed by atoms with E-state index in [4.69, 9.17) is 9.47 Å². The van der Waals surface area contributed by atoms with Crippen LogP contribution in [-0.4, -0.2) is 54.2 Å². The lowest BCUT2D eigenvalue weighted by molar-refractivity contribution is -0.118. The van der Waals surface area contributed by atoms with Crippen molar-refractivity contribution in [2.45, 2.75) is 0 Å². The zero-order valence-electron chi connectivity index (χ0n) is 15.3. The number of anilines is 1. The predicted molar refractivity (Wildman–Crippen MR) is 98.9 cm³/mol. The van der Waals surface area contributed by atoms with Crippen molar-refractivity contribution in [3.8, 4) is 5.75 Å². The molecule has 1 aromatic carbocycles. The summed E-state index contributed by atoms with van der Waals surface area (Å²) in [5.74, 6) is -1.56. The van der Waals surface area contributed by atoms with Crippen molar-refractivity contribution in [3.63, 3.8) is 0 Å². The molecule has 0 aliphatic carbocycles. The number of morpholine rings is 1. The van der Waals surface area contributed by atoms with E-state index in [0.29, 0.717) is 26.3 Å². The molecule has 148 valence electrons. The third kappa shape index (κ3) is 4.55. The van der Waals surface area contributed by atoms with Crippen LogP contribution < -0.4 is 15.6 Å². The Balaban J connectivity index is 1.71. The van der Waals surface area contributed by atoms with Crippen molar-refractivity contribution in [2.24, 2.45) is 7.05 Å². The van der Waals surface area contributed by atoms with E-state index in [2.05, 4.69) is 5.32 Å². The number of hydrogen-bond donors (Lipinski definition) is 1. The molecule has 1 fully saturated rings. The van der Waals surface area contributed by atoms with E-state index in [1.807, 2.05) is 0 Å². The van der Waals surface area contributed by atoms with Crippen LogP contribution in [0, 0.1) is 5.82 Å². The molecule has 3 rings (SSSR count). The number of benzene rings is 1. The highest BCUT2D eigenvalue weighted by Gasteiger charge is 2.21. The Morgan fingerprint density at radius 2 is 1.96 bits per heavy atom. The lowest BCUT2D eigenvalue weighted by Gasteiger charge is -2.27. The highest BCUT2D eigenvalue weighted by molar-refractivity contribution is 5.97. The van der Waals surface area contributed by atoms with Crippen LogP contribution in [0.3, 0.4) is 0 Å². The topological polar surface area (TPSA) is 89.9 Å². The SMILES string of the molecule is Cn1cc(C(=O)N2CCOCC2)cc(NC(=O)COc2ccccc2F)c1=O. The first kappa shape index (κ1) is 19.6. The van der Waals surface area contributed by atoms with Crippen LogP contribution >= 0.6 is 0 Å². The van der Waals surface area contributed by atoms with E-state index < -0.39 is 23.9 Å². The monoisotopic (exact) mass is 389 g/mol. The quantitative estimate of drug-likeness (QED) is 0.825. The van der Waals surface area contributed by atoms with Crippen molar-refractivity contribution < 1.29 is 23.5 Å². The molecule has 8 nitrogen and oxygen atoms in total. The molecule has 28 heavy (non-hydrogen) atoms. The highest BCUT2D eigenvalue weighted by Crippen LogP contribution is 2.15. The second-order valence-corrected chi connectivity index (χ2v) is 6.23. The van der Waals surface area contributed by atoms with Gasteiger partial charge in [0, 0.05) is 26.3 Å². The van der Waals surface area contributed by atoms with Crippen LogP contribution in [0.5, 0.6) is 5.75 Å². The summed E-state index contributed by atoms with van der Waals surface area (Å²) in [6, 6.07) is 7.02. The number of para-hydroxylation sites is 1. The smallest absolute Gasteiger partial charge is 0.274 e. The molecule has 1 saturated heterocycles. The normalized spacial score (nSPS) is 13.9. The minimum Gasteiger partial charge on any atom is -0.481 e. The lowest BCUT2D eigenvalue weighted by Crippen LogP contribution is -2.41. The van der Waals surface area contributed by atoms with Gasteiger partial charge in [0.2, 0.25) is 0 Å². The number of halogens is 1. The molecule has 0 atom stereocenters. The maximum atomic E-state index is 13.5. The summed E-state index contributed by atoms with van der Waals surface area (Å²) in [6.45, 7) is 1.34. The number of nitrogens with zero attached hydrogens (tertiary/aromatic N) is 2. The van der Waals surface area contributed by atoms with Crippen molar-refractivity contribution in [1.29, 1.82) is 0 Å². The molecule has 0 spiro atoms. The van der Waals surface area contributed by atoms with Crippen LogP contribution in [-0.2, 0) is 16.6 Å². The standard InChI is InChI=1S/C19H20FN3O5/c1-22-11-13(18(25)23-6-8-27-9-7-23)10-15(19(22)26)21-17(24)12-28-16-5-3-2-4-14(16)20/h2-5,10-11H,6-9,12H2,1H3,(H,21,24). The van der Waals surface area contributed by atoms with Crippen molar-refractivity contribution in [2.75, 3.05) is 38.2 Å². The molecule has 9 heteroatoms. The van der Waals surface area contributed by atoms with E-state index in [9.17, 15) is 18.8 Å². The Hall–Kier alpha value is -3.20. The van der Waals surface area contributed by atoms with Gasteiger partial charge in [-0.1, -0.05) is 12.1 Å². The van der Waals surface area contributed by atoms with Crippen LogP contribution in [0.4, 0.5) is 10.1 Å². The number of amides is 2. The fourth-order valence-electron chi connectivity index (χ4n) is 2.76. The molecule has 1 aromatic heterocycles. The molecular weight excluding hydrogens is 369 g/mol. The van der Waals surface area contributed by atoms with Crippen molar-refractivity contribution in [1.82, 2.24) is 9.47 Å². The Labute approximate surface area is 160 Å². The maximum absolute atomic E-state index is 13.5. The number of hydrogen-bond acceptors (Lipinski definition) is 5. The van der Waals surface area contributed by atoms with Crippen LogP contribution in [0.25, 0.3) is 0 Å². The third-order valence-corrected chi connectivity index (χ3v) is 4.20. The van der Waals surface area contributed by atoms with Crippen molar-refractivity contribution in [3.05, 3.63) is 58.3 Å². The van der Waals surface area contributed by atoms with Gasteiger partial charge in [-0.05, 0) is 18.2 Å². The molecule has 2 aromatic rings. The lowest BCUT2D eigenvalue weighted by atomic mass is 10.2. The van der Waals surface area contributed by atoms with Crippen molar-refractivity contribution >= 4 is 17.5 Å². The summed E-state index contributed by atoms with van der Waals surface area (Å²) in [5, 5.41) is 2.42. The van der Waals surface area contributed by atoms with Gasteiger partial charge >= 0.3 is 0 Å². The second kappa shape index (κ2) is 8.66. The third-order valence-electron chi connectivity index (χ3n) is 4.20. The Kier molecular flexibility index (Phi) is 6.05. The minimum absolute atomic E-state index is 0.0521. The van der Waals surface area contributed by atoms with E-state index in [0.717, 1.165) is 0 Å². The van der Waals surface area contributed by atoms with E-state index in [1.54, 1.807) is 11.0 Å². The average molecular weight is 389 g/mol. The maximum Gasteiger partial charge on any atom is 0.274 e. The number of pyridine rings is 1. The number of aryl methyl sites for hydroxylation is 1. The van der Waals surface area contributed by atoms with Crippen LogP contribution in [0.2, 0.25) is 0 Å². The minimum atomic E-state index is -0.642. The van der Waals surface area contributed by atoms with Gasteiger partial charge in [-0.2, -0.15) is 0 Å². The zero-order valence-corrected chi connectivity index (χ0v) is 15.3. The fraction of sp³-hybridized carbons (Fsp3) is 0.316.